The van der Waals surface area contributed by atoms with Gasteiger partial charge in [-0.1, -0.05) is 23.7 Å². The van der Waals surface area contributed by atoms with E-state index < -0.39 is 17.7 Å². The Morgan fingerprint density at radius 3 is 2.53 bits per heavy atom. The van der Waals surface area contributed by atoms with E-state index >= 15 is 0 Å². The SMILES string of the molecule is O=C(O)c1ccccc1-c1nc2ccc(Oc3ccc(C(F)(F)F)cc3Cl)cc2o1. The summed E-state index contributed by atoms with van der Waals surface area (Å²) in [6.07, 6.45) is -4.51. The number of oxazole rings is 1. The van der Waals surface area contributed by atoms with E-state index in [1.54, 1.807) is 30.3 Å². The third-order valence-corrected chi connectivity index (χ3v) is 4.53. The highest BCUT2D eigenvalue weighted by atomic mass is 35.5. The maximum atomic E-state index is 12.8. The van der Waals surface area contributed by atoms with Crippen molar-refractivity contribution in [1.29, 1.82) is 0 Å². The molecule has 1 N–H and O–H groups in total. The van der Waals surface area contributed by atoms with Crippen molar-refractivity contribution in [1.82, 2.24) is 4.98 Å². The van der Waals surface area contributed by atoms with E-state index in [1.165, 1.54) is 12.1 Å². The molecule has 0 unspecified atom stereocenters. The number of hydrogen-bond acceptors (Lipinski definition) is 4. The minimum absolute atomic E-state index is 0.0389. The van der Waals surface area contributed by atoms with Crippen LogP contribution in [0.15, 0.2) is 65.1 Å². The van der Waals surface area contributed by atoms with Crippen LogP contribution in [-0.4, -0.2) is 16.1 Å². The van der Waals surface area contributed by atoms with Gasteiger partial charge in [0.1, 0.15) is 17.0 Å². The van der Waals surface area contributed by atoms with Gasteiger partial charge >= 0.3 is 12.1 Å². The first-order valence-electron chi connectivity index (χ1n) is 8.50. The van der Waals surface area contributed by atoms with Gasteiger partial charge < -0.3 is 14.3 Å². The predicted octanol–water partition coefficient (Wildman–Crippen LogP) is 6.66. The standard InChI is InChI=1S/C21H11ClF3NO4/c22-15-9-11(21(23,24)25)5-8-17(15)29-12-6-7-16-18(10-12)30-19(26-16)13-3-1-2-4-14(13)20(27)28/h1-10H,(H,27,28). The second-order valence-corrected chi connectivity index (χ2v) is 6.65. The summed E-state index contributed by atoms with van der Waals surface area (Å²) in [5, 5.41) is 9.14. The highest BCUT2D eigenvalue weighted by Gasteiger charge is 2.31. The molecule has 0 aliphatic rings. The summed E-state index contributed by atoms with van der Waals surface area (Å²) < 4.78 is 49.6. The maximum Gasteiger partial charge on any atom is 0.416 e. The molecule has 0 aliphatic heterocycles. The van der Waals surface area contributed by atoms with Gasteiger partial charge in [0.2, 0.25) is 5.89 Å². The van der Waals surface area contributed by atoms with Crippen molar-refractivity contribution in [2.75, 3.05) is 0 Å². The first kappa shape index (κ1) is 19.8. The number of aromatic nitrogens is 1. The molecule has 0 bridgehead atoms. The Morgan fingerprint density at radius 2 is 1.83 bits per heavy atom. The number of ether oxygens (including phenoxy) is 1. The van der Waals surface area contributed by atoms with Gasteiger partial charge in [0.05, 0.1) is 21.7 Å². The van der Waals surface area contributed by atoms with Crippen LogP contribution in [0.1, 0.15) is 15.9 Å². The van der Waals surface area contributed by atoms with Crippen molar-refractivity contribution in [2.24, 2.45) is 0 Å². The normalized spacial score (nSPS) is 11.6. The van der Waals surface area contributed by atoms with Crippen LogP contribution >= 0.6 is 11.6 Å². The van der Waals surface area contributed by atoms with E-state index in [4.69, 9.17) is 20.8 Å². The molecular formula is C21H11ClF3NO4. The molecule has 30 heavy (non-hydrogen) atoms. The molecule has 0 fully saturated rings. The molecule has 1 heterocycles. The first-order valence-corrected chi connectivity index (χ1v) is 8.88. The number of fused-ring (bicyclic) bond motifs is 1. The van der Waals surface area contributed by atoms with Crippen LogP contribution in [0.2, 0.25) is 5.02 Å². The molecule has 0 radical (unpaired) electrons. The summed E-state index contributed by atoms with van der Waals surface area (Å²) in [7, 11) is 0. The summed E-state index contributed by atoms with van der Waals surface area (Å²) >= 11 is 5.92. The van der Waals surface area contributed by atoms with E-state index in [0.717, 1.165) is 18.2 Å². The number of halogens is 4. The lowest BCUT2D eigenvalue weighted by atomic mass is 10.1. The monoisotopic (exact) mass is 433 g/mol. The number of carboxylic acid groups (broad SMARTS) is 1. The number of hydrogen-bond donors (Lipinski definition) is 1. The second kappa shape index (κ2) is 7.38. The molecular weight excluding hydrogens is 423 g/mol. The topological polar surface area (TPSA) is 72.6 Å². The van der Waals surface area contributed by atoms with Gasteiger partial charge in [-0.25, -0.2) is 9.78 Å². The van der Waals surface area contributed by atoms with E-state index in [2.05, 4.69) is 4.98 Å². The van der Waals surface area contributed by atoms with Crippen LogP contribution in [0.3, 0.4) is 0 Å². The Balaban J connectivity index is 1.66. The molecule has 0 saturated heterocycles. The van der Waals surface area contributed by atoms with E-state index in [9.17, 15) is 23.1 Å². The Bertz CT molecular complexity index is 1270. The largest absolute Gasteiger partial charge is 0.478 e. The van der Waals surface area contributed by atoms with Gasteiger partial charge in [-0.2, -0.15) is 13.2 Å². The van der Waals surface area contributed by atoms with Crippen LogP contribution in [0.25, 0.3) is 22.6 Å². The van der Waals surface area contributed by atoms with E-state index in [0.29, 0.717) is 16.7 Å². The highest BCUT2D eigenvalue weighted by molar-refractivity contribution is 6.32. The smallest absolute Gasteiger partial charge is 0.416 e. The Labute approximate surface area is 172 Å². The minimum Gasteiger partial charge on any atom is -0.478 e. The lowest BCUT2D eigenvalue weighted by Gasteiger charge is -2.11. The molecule has 152 valence electrons. The molecule has 9 heteroatoms. The summed E-state index contributed by atoms with van der Waals surface area (Å²) in [6.45, 7) is 0. The van der Waals surface area contributed by atoms with Gasteiger partial charge in [-0.3, -0.25) is 0 Å². The van der Waals surface area contributed by atoms with Gasteiger partial charge in [0.15, 0.2) is 5.58 Å². The number of carbonyl (C=O) groups is 1. The lowest BCUT2D eigenvalue weighted by molar-refractivity contribution is -0.137. The number of aromatic carboxylic acids is 1. The fourth-order valence-corrected chi connectivity index (χ4v) is 3.05. The zero-order chi connectivity index (χ0) is 21.5. The summed E-state index contributed by atoms with van der Waals surface area (Å²) in [5.74, 6) is -0.695. The Hall–Kier alpha value is -3.52. The molecule has 0 saturated carbocycles. The van der Waals surface area contributed by atoms with Crippen LogP contribution in [0, 0.1) is 0 Å². The molecule has 4 aromatic rings. The maximum absolute atomic E-state index is 12.8. The summed E-state index contributed by atoms with van der Waals surface area (Å²) in [4.78, 5) is 15.7. The van der Waals surface area contributed by atoms with Crippen LogP contribution in [0.5, 0.6) is 11.5 Å². The van der Waals surface area contributed by atoms with Crippen LogP contribution < -0.4 is 4.74 Å². The average molecular weight is 434 g/mol. The van der Waals surface area contributed by atoms with Crippen LogP contribution in [0.4, 0.5) is 13.2 Å². The number of benzene rings is 3. The number of alkyl halides is 3. The molecule has 0 aliphatic carbocycles. The fraction of sp³-hybridized carbons (Fsp3) is 0.0476. The average Bonchev–Trinajstić information content (AvgIpc) is 3.12. The van der Waals surface area contributed by atoms with Crippen molar-refractivity contribution in [2.45, 2.75) is 6.18 Å². The van der Waals surface area contributed by atoms with Gasteiger partial charge in [0, 0.05) is 6.07 Å². The van der Waals surface area contributed by atoms with E-state index in [1.807, 2.05) is 0 Å². The lowest BCUT2D eigenvalue weighted by Crippen LogP contribution is -2.04. The third-order valence-electron chi connectivity index (χ3n) is 4.23. The van der Waals surface area contributed by atoms with Crippen molar-refractivity contribution in [3.63, 3.8) is 0 Å². The third kappa shape index (κ3) is 3.81. The molecule has 4 rings (SSSR count). The molecule has 0 amide bonds. The van der Waals surface area contributed by atoms with Gasteiger partial charge in [-0.05, 0) is 42.5 Å². The molecule has 1 aromatic heterocycles. The highest BCUT2D eigenvalue weighted by Crippen LogP contribution is 2.37. The van der Waals surface area contributed by atoms with Crippen molar-refractivity contribution in [3.05, 3.63) is 76.8 Å². The number of carboxylic acids is 1. The minimum atomic E-state index is -4.51. The summed E-state index contributed by atoms with van der Waals surface area (Å²) in [6, 6.07) is 13.7. The quantitative estimate of drug-likeness (QED) is 0.389. The molecule has 3 aromatic carbocycles. The zero-order valence-corrected chi connectivity index (χ0v) is 15.7. The van der Waals surface area contributed by atoms with E-state index in [-0.39, 0.29) is 28.0 Å². The number of nitrogens with zero attached hydrogens (tertiary/aromatic N) is 1. The van der Waals surface area contributed by atoms with Gasteiger partial charge in [-0.15, -0.1) is 0 Å². The second-order valence-electron chi connectivity index (χ2n) is 6.24. The van der Waals surface area contributed by atoms with Crippen molar-refractivity contribution >= 4 is 28.7 Å². The molecule has 0 atom stereocenters. The Morgan fingerprint density at radius 1 is 1.07 bits per heavy atom. The first-order chi connectivity index (χ1) is 14.2. The fourth-order valence-electron chi connectivity index (χ4n) is 2.83. The van der Waals surface area contributed by atoms with Crippen LogP contribution in [-0.2, 0) is 6.18 Å². The zero-order valence-electron chi connectivity index (χ0n) is 14.9. The van der Waals surface area contributed by atoms with Gasteiger partial charge in [0.25, 0.3) is 0 Å². The predicted molar refractivity (Wildman–Crippen MR) is 103 cm³/mol. The Kier molecular flexibility index (Phi) is 4.87. The van der Waals surface area contributed by atoms with Crippen molar-refractivity contribution < 1.29 is 32.2 Å². The molecule has 0 spiro atoms. The van der Waals surface area contributed by atoms with Crippen molar-refractivity contribution in [3.8, 4) is 23.0 Å². The summed E-state index contributed by atoms with van der Waals surface area (Å²) in [5.41, 5.74) is 0.237. The number of rotatable bonds is 4. The molecule has 5 nitrogen and oxygen atoms in total.